The Labute approximate surface area is 187 Å². The predicted molar refractivity (Wildman–Crippen MR) is 123 cm³/mol. The number of carbonyl (C=O) groups is 1. The van der Waals surface area contributed by atoms with Crippen molar-refractivity contribution in [3.05, 3.63) is 66.0 Å². The largest absolute Gasteiger partial charge is 0.497 e. The second kappa shape index (κ2) is 9.56. The Balaban J connectivity index is 2.03. The van der Waals surface area contributed by atoms with Crippen molar-refractivity contribution >= 4 is 32.4 Å². The molecule has 3 aromatic carbocycles. The van der Waals surface area contributed by atoms with Crippen molar-refractivity contribution in [3.63, 3.8) is 0 Å². The summed E-state index contributed by atoms with van der Waals surface area (Å²) in [5.74, 6) is -1.74. The smallest absolute Gasteiger partial charge is 0.247 e. The zero-order valence-electron chi connectivity index (χ0n) is 18.5. The lowest BCUT2D eigenvalue weighted by molar-refractivity contribution is -0.118. The Morgan fingerprint density at radius 1 is 1.00 bits per heavy atom. The van der Waals surface area contributed by atoms with Gasteiger partial charge in [-0.3, -0.25) is 4.79 Å². The van der Waals surface area contributed by atoms with Crippen LogP contribution in [0.1, 0.15) is 31.7 Å². The molecule has 8 heteroatoms. The molecule has 0 aliphatic heterocycles. The third-order valence-electron chi connectivity index (χ3n) is 5.25. The number of hydrogen-bond donors (Lipinski definition) is 0. The van der Waals surface area contributed by atoms with E-state index in [4.69, 9.17) is 9.47 Å². The molecule has 0 aliphatic rings. The van der Waals surface area contributed by atoms with E-state index < -0.39 is 27.7 Å². The third-order valence-corrected chi connectivity index (χ3v) is 7.12. The van der Waals surface area contributed by atoms with E-state index in [-0.39, 0.29) is 17.2 Å². The number of amides is 1. The molecular formula is C24H26FNO5S. The Morgan fingerprint density at radius 2 is 1.69 bits per heavy atom. The predicted octanol–water partition coefficient (Wildman–Crippen LogP) is 4.87. The van der Waals surface area contributed by atoms with E-state index in [1.54, 1.807) is 27.0 Å². The van der Waals surface area contributed by atoms with Crippen LogP contribution < -0.4 is 13.8 Å². The van der Waals surface area contributed by atoms with Gasteiger partial charge in [-0.15, -0.1) is 0 Å². The van der Waals surface area contributed by atoms with Gasteiger partial charge in [-0.2, -0.15) is 0 Å². The van der Waals surface area contributed by atoms with Crippen molar-refractivity contribution in [1.82, 2.24) is 0 Å². The Bertz CT molecular complexity index is 1240. The first-order chi connectivity index (χ1) is 15.2. The lowest BCUT2D eigenvalue weighted by atomic mass is 9.97. The molecule has 170 valence electrons. The van der Waals surface area contributed by atoms with Crippen LogP contribution in [-0.2, 0) is 14.8 Å². The number of fused-ring (bicyclic) bond motifs is 1. The fourth-order valence-corrected chi connectivity index (χ4v) is 5.08. The summed E-state index contributed by atoms with van der Waals surface area (Å²) in [7, 11) is -1.11. The summed E-state index contributed by atoms with van der Waals surface area (Å²) in [5, 5.41) is 1.82. The minimum atomic E-state index is -4.01. The molecule has 3 aromatic rings. The van der Waals surface area contributed by atoms with E-state index in [0.29, 0.717) is 22.0 Å². The second-order valence-electron chi connectivity index (χ2n) is 7.43. The standard InChI is InChI=1S/C24H26FNO5S/c1-5-12-32(28,29)26(20-9-11-23(31-4)22(25)15-20)24(27)16(2)17-6-7-19-14-21(30-3)10-8-18(19)13-17/h6-11,13-16H,5,12H2,1-4H3. The maximum atomic E-state index is 14.3. The van der Waals surface area contributed by atoms with Gasteiger partial charge in [-0.05, 0) is 53.9 Å². The molecule has 0 N–H and O–H groups in total. The summed E-state index contributed by atoms with van der Waals surface area (Å²) in [6, 6.07) is 14.7. The van der Waals surface area contributed by atoms with Gasteiger partial charge in [0.1, 0.15) is 5.75 Å². The number of methoxy groups -OCH3 is 2. The van der Waals surface area contributed by atoms with Gasteiger partial charge in [-0.25, -0.2) is 17.1 Å². The van der Waals surface area contributed by atoms with E-state index in [1.165, 1.54) is 19.2 Å². The number of halogens is 1. The summed E-state index contributed by atoms with van der Waals surface area (Å²) >= 11 is 0. The third kappa shape index (κ3) is 4.70. The van der Waals surface area contributed by atoms with Crippen LogP contribution >= 0.6 is 0 Å². The average molecular weight is 460 g/mol. The molecule has 1 atom stereocenters. The monoisotopic (exact) mass is 459 g/mol. The van der Waals surface area contributed by atoms with Gasteiger partial charge < -0.3 is 9.47 Å². The SMILES string of the molecule is CCCS(=O)(=O)N(C(=O)C(C)c1ccc2cc(OC)ccc2c1)c1ccc(OC)c(F)c1. The molecule has 1 unspecified atom stereocenters. The minimum absolute atomic E-state index is 0.0351. The quantitative estimate of drug-likeness (QED) is 0.480. The first-order valence-electron chi connectivity index (χ1n) is 10.2. The molecule has 0 aliphatic carbocycles. The van der Waals surface area contributed by atoms with Crippen LogP contribution in [0.25, 0.3) is 10.8 Å². The van der Waals surface area contributed by atoms with Crippen LogP contribution in [-0.4, -0.2) is 34.3 Å². The maximum Gasteiger partial charge on any atom is 0.247 e. The Kier molecular flexibility index (Phi) is 7.03. The van der Waals surface area contributed by atoms with E-state index in [0.717, 1.165) is 16.8 Å². The number of carbonyl (C=O) groups excluding carboxylic acids is 1. The van der Waals surface area contributed by atoms with Crippen LogP contribution in [0.3, 0.4) is 0 Å². The van der Waals surface area contributed by atoms with Crippen LogP contribution in [0, 0.1) is 5.82 Å². The van der Waals surface area contributed by atoms with E-state index in [1.807, 2.05) is 30.3 Å². The van der Waals surface area contributed by atoms with Crippen LogP contribution in [0.15, 0.2) is 54.6 Å². The second-order valence-corrected chi connectivity index (χ2v) is 9.37. The van der Waals surface area contributed by atoms with Crippen molar-refractivity contribution in [2.75, 3.05) is 24.3 Å². The number of anilines is 1. The number of hydrogen-bond acceptors (Lipinski definition) is 5. The van der Waals surface area contributed by atoms with E-state index in [9.17, 15) is 17.6 Å². The number of rotatable bonds is 8. The molecule has 0 radical (unpaired) electrons. The fourth-order valence-electron chi connectivity index (χ4n) is 3.51. The maximum absolute atomic E-state index is 14.3. The molecule has 32 heavy (non-hydrogen) atoms. The summed E-state index contributed by atoms with van der Waals surface area (Å²) in [6.45, 7) is 3.34. The molecule has 0 aromatic heterocycles. The first-order valence-corrected chi connectivity index (χ1v) is 11.8. The van der Waals surface area contributed by atoms with Gasteiger partial charge in [0.15, 0.2) is 11.6 Å². The van der Waals surface area contributed by atoms with Crippen LogP contribution in [0.2, 0.25) is 0 Å². The van der Waals surface area contributed by atoms with Crippen molar-refractivity contribution in [2.24, 2.45) is 0 Å². The summed E-state index contributed by atoms with van der Waals surface area (Å²) in [4.78, 5) is 13.4. The fraction of sp³-hybridized carbons (Fsp3) is 0.292. The van der Waals surface area contributed by atoms with Gasteiger partial charge in [-0.1, -0.05) is 31.2 Å². The van der Waals surface area contributed by atoms with Crippen LogP contribution in [0.4, 0.5) is 10.1 Å². The minimum Gasteiger partial charge on any atom is -0.497 e. The van der Waals surface area contributed by atoms with Gasteiger partial charge in [0.25, 0.3) is 0 Å². The molecule has 0 saturated carbocycles. The Hall–Kier alpha value is -3.13. The number of ether oxygens (including phenoxy) is 2. The number of sulfonamides is 1. The molecule has 0 heterocycles. The van der Waals surface area contributed by atoms with E-state index >= 15 is 0 Å². The van der Waals surface area contributed by atoms with Crippen LogP contribution in [0.5, 0.6) is 11.5 Å². The molecule has 0 saturated heterocycles. The Morgan fingerprint density at radius 3 is 2.31 bits per heavy atom. The van der Waals surface area contributed by atoms with Crippen molar-refractivity contribution < 1.29 is 27.1 Å². The highest BCUT2D eigenvalue weighted by Gasteiger charge is 2.33. The van der Waals surface area contributed by atoms with Crippen molar-refractivity contribution in [1.29, 1.82) is 0 Å². The van der Waals surface area contributed by atoms with Gasteiger partial charge in [0.2, 0.25) is 15.9 Å². The average Bonchev–Trinajstić information content (AvgIpc) is 2.77. The summed E-state index contributed by atoms with van der Waals surface area (Å²) < 4.78 is 51.2. The summed E-state index contributed by atoms with van der Waals surface area (Å²) in [5.41, 5.74) is 0.595. The highest BCUT2D eigenvalue weighted by molar-refractivity contribution is 7.93. The molecule has 0 spiro atoms. The lowest BCUT2D eigenvalue weighted by Gasteiger charge is -2.26. The van der Waals surface area contributed by atoms with Crippen molar-refractivity contribution in [3.8, 4) is 11.5 Å². The molecular weight excluding hydrogens is 433 g/mol. The zero-order chi connectivity index (χ0) is 23.5. The highest BCUT2D eigenvalue weighted by atomic mass is 32.2. The number of nitrogens with zero attached hydrogens (tertiary/aromatic N) is 1. The van der Waals surface area contributed by atoms with Gasteiger partial charge in [0.05, 0.1) is 31.6 Å². The molecule has 1 amide bonds. The lowest BCUT2D eigenvalue weighted by Crippen LogP contribution is -2.41. The van der Waals surface area contributed by atoms with E-state index in [2.05, 4.69) is 0 Å². The zero-order valence-corrected chi connectivity index (χ0v) is 19.3. The van der Waals surface area contributed by atoms with Crippen molar-refractivity contribution in [2.45, 2.75) is 26.2 Å². The molecule has 3 rings (SSSR count). The van der Waals surface area contributed by atoms with Gasteiger partial charge in [0, 0.05) is 6.07 Å². The van der Waals surface area contributed by atoms with Gasteiger partial charge >= 0.3 is 0 Å². The normalized spacial score (nSPS) is 12.4. The highest BCUT2D eigenvalue weighted by Crippen LogP contribution is 2.31. The first kappa shape index (κ1) is 23.5. The summed E-state index contributed by atoms with van der Waals surface area (Å²) in [6.07, 6.45) is 0.316. The molecule has 6 nitrogen and oxygen atoms in total. The molecule has 0 fully saturated rings. The molecule has 0 bridgehead atoms. The number of benzene rings is 3. The topological polar surface area (TPSA) is 72.9 Å².